The maximum Gasteiger partial charge on any atom is 0.342 e. The van der Waals surface area contributed by atoms with Gasteiger partial charge in [0.15, 0.2) is 6.10 Å². The summed E-state index contributed by atoms with van der Waals surface area (Å²) in [5.74, 6) is 0.264. The molecule has 1 aromatic heterocycles. The molecule has 1 aromatic carbocycles. The molecular weight excluding hydrogens is 386 g/mol. The van der Waals surface area contributed by atoms with Gasteiger partial charge in [0.2, 0.25) is 5.82 Å². The maximum atomic E-state index is 12.7. The molecule has 2 atom stereocenters. The number of carbonyl (C=O) groups is 1. The maximum absolute atomic E-state index is 12.7. The quantitative estimate of drug-likeness (QED) is 0.363. The second kappa shape index (κ2) is 10.3. The van der Waals surface area contributed by atoms with Crippen LogP contribution in [0.1, 0.15) is 56.5 Å². The number of rotatable bonds is 10. The molecule has 9 heteroatoms. The van der Waals surface area contributed by atoms with E-state index in [1.54, 1.807) is 12.1 Å². The third kappa shape index (κ3) is 5.22. The number of nitrogens with zero attached hydrogens (tertiary/aromatic N) is 4. The van der Waals surface area contributed by atoms with Gasteiger partial charge >= 0.3 is 5.82 Å². The normalized spacial score (nSPS) is 19.1. The molecule has 1 aliphatic heterocycles. The molecule has 0 aliphatic carbocycles. The average molecular weight is 415 g/mol. The molecule has 1 aliphatic rings. The van der Waals surface area contributed by atoms with E-state index in [1.807, 2.05) is 30.3 Å². The minimum absolute atomic E-state index is 0.0894. The van der Waals surface area contributed by atoms with Crippen molar-refractivity contribution in [3.63, 3.8) is 0 Å². The van der Waals surface area contributed by atoms with Gasteiger partial charge in [-0.3, -0.25) is 9.63 Å². The van der Waals surface area contributed by atoms with Crippen LogP contribution in [0.3, 0.4) is 0 Å². The van der Waals surface area contributed by atoms with Crippen molar-refractivity contribution in [1.29, 1.82) is 0 Å². The summed E-state index contributed by atoms with van der Waals surface area (Å²) in [7, 11) is 1.61. The molecule has 1 fully saturated rings. The number of nitrogens with one attached hydrogen (secondary N) is 1. The SMILES string of the molecule is CCCCCCNC(=O)C1CC(c2ncc([N+](=O)[O-])n2C)N(Cc2ccccc2)O1. The number of amides is 1. The van der Waals surface area contributed by atoms with Gasteiger partial charge in [-0.05, 0) is 16.9 Å². The number of aromatic nitrogens is 2. The summed E-state index contributed by atoms with van der Waals surface area (Å²) in [5.41, 5.74) is 1.02. The van der Waals surface area contributed by atoms with E-state index in [4.69, 9.17) is 4.84 Å². The van der Waals surface area contributed by atoms with Crippen molar-refractivity contribution in [3.05, 3.63) is 58.0 Å². The van der Waals surface area contributed by atoms with Crippen LogP contribution in [0.4, 0.5) is 5.82 Å². The molecule has 0 radical (unpaired) electrons. The largest absolute Gasteiger partial charge is 0.358 e. The first-order chi connectivity index (χ1) is 14.5. The van der Waals surface area contributed by atoms with Crippen LogP contribution >= 0.6 is 0 Å². The lowest BCUT2D eigenvalue weighted by molar-refractivity contribution is -0.391. The van der Waals surface area contributed by atoms with Crippen molar-refractivity contribution in [1.82, 2.24) is 19.9 Å². The van der Waals surface area contributed by atoms with Crippen molar-refractivity contribution in [2.24, 2.45) is 7.05 Å². The van der Waals surface area contributed by atoms with Crippen LogP contribution < -0.4 is 5.32 Å². The van der Waals surface area contributed by atoms with E-state index >= 15 is 0 Å². The number of hydroxylamine groups is 2. The van der Waals surface area contributed by atoms with E-state index < -0.39 is 11.0 Å². The summed E-state index contributed by atoms with van der Waals surface area (Å²) in [6.45, 7) is 3.22. The van der Waals surface area contributed by atoms with Crippen LogP contribution in [0, 0.1) is 10.1 Å². The Balaban J connectivity index is 1.73. The van der Waals surface area contributed by atoms with Gasteiger partial charge in [0.25, 0.3) is 5.91 Å². The Kier molecular flexibility index (Phi) is 7.53. The van der Waals surface area contributed by atoms with Crippen LogP contribution in [0.25, 0.3) is 0 Å². The van der Waals surface area contributed by atoms with Crippen LogP contribution in [0.5, 0.6) is 0 Å². The van der Waals surface area contributed by atoms with Crippen molar-refractivity contribution >= 4 is 11.7 Å². The number of nitro groups is 1. The first-order valence-electron chi connectivity index (χ1n) is 10.4. The molecule has 1 saturated heterocycles. The average Bonchev–Trinajstić information content (AvgIpc) is 3.32. The summed E-state index contributed by atoms with van der Waals surface area (Å²) in [6, 6.07) is 9.40. The van der Waals surface area contributed by atoms with Gasteiger partial charge in [-0.15, -0.1) is 0 Å². The zero-order chi connectivity index (χ0) is 21.5. The third-order valence-corrected chi connectivity index (χ3v) is 5.34. The molecule has 0 spiro atoms. The smallest absolute Gasteiger partial charge is 0.342 e. The minimum Gasteiger partial charge on any atom is -0.358 e. The molecule has 2 aromatic rings. The molecule has 3 rings (SSSR count). The van der Waals surface area contributed by atoms with Gasteiger partial charge in [-0.25, -0.2) is 9.55 Å². The Morgan fingerprint density at radius 1 is 1.30 bits per heavy atom. The fourth-order valence-corrected chi connectivity index (χ4v) is 3.67. The van der Waals surface area contributed by atoms with Gasteiger partial charge in [-0.2, -0.15) is 5.06 Å². The van der Waals surface area contributed by atoms with Gasteiger partial charge in [0.1, 0.15) is 12.2 Å². The topological polar surface area (TPSA) is 103 Å². The highest BCUT2D eigenvalue weighted by Crippen LogP contribution is 2.35. The van der Waals surface area contributed by atoms with Crippen LogP contribution in [-0.4, -0.2) is 38.1 Å². The fourth-order valence-electron chi connectivity index (χ4n) is 3.67. The lowest BCUT2D eigenvalue weighted by Crippen LogP contribution is -2.35. The van der Waals surface area contributed by atoms with Gasteiger partial charge < -0.3 is 15.4 Å². The number of carbonyl (C=O) groups excluding carboxylic acids is 1. The second-order valence-corrected chi connectivity index (χ2v) is 7.55. The zero-order valence-corrected chi connectivity index (χ0v) is 17.5. The van der Waals surface area contributed by atoms with Crippen LogP contribution in [-0.2, 0) is 23.2 Å². The van der Waals surface area contributed by atoms with Gasteiger partial charge in [-0.1, -0.05) is 56.5 Å². The van der Waals surface area contributed by atoms with Gasteiger partial charge in [0.05, 0.1) is 13.6 Å². The van der Waals surface area contributed by atoms with E-state index in [9.17, 15) is 14.9 Å². The Morgan fingerprint density at radius 3 is 2.73 bits per heavy atom. The summed E-state index contributed by atoms with van der Waals surface area (Å²) < 4.78 is 1.46. The molecule has 9 nitrogen and oxygen atoms in total. The Morgan fingerprint density at radius 2 is 2.07 bits per heavy atom. The Bertz CT molecular complexity index is 854. The number of imidazole rings is 1. The van der Waals surface area contributed by atoms with Crippen molar-refractivity contribution < 1.29 is 14.6 Å². The summed E-state index contributed by atoms with van der Waals surface area (Å²) in [4.78, 5) is 33.7. The summed E-state index contributed by atoms with van der Waals surface area (Å²) >= 11 is 0. The summed E-state index contributed by atoms with van der Waals surface area (Å²) in [6.07, 6.45) is 5.30. The number of unbranched alkanes of at least 4 members (excludes halogenated alkanes) is 3. The Labute approximate surface area is 176 Å². The van der Waals surface area contributed by atoms with Crippen LogP contribution in [0.15, 0.2) is 36.5 Å². The van der Waals surface area contributed by atoms with E-state index in [-0.39, 0.29) is 17.8 Å². The highest BCUT2D eigenvalue weighted by atomic mass is 16.7. The first-order valence-corrected chi connectivity index (χ1v) is 10.4. The third-order valence-electron chi connectivity index (χ3n) is 5.34. The van der Waals surface area contributed by atoms with Crippen molar-refractivity contribution in [3.8, 4) is 0 Å². The lowest BCUT2D eigenvalue weighted by Gasteiger charge is -2.21. The highest BCUT2D eigenvalue weighted by Gasteiger charge is 2.42. The predicted molar refractivity (Wildman–Crippen MR) is 111 cm³/mol. The minimum atomic E-state index is -0.652. The fraction of sp³-hybridized carbons (Fsp3) is 0.524. The zero-order valence-electron chi connectivity index (χ0n) is 17.5. The number of benzene rings is 1. The van der Waals surface area contributed by atoms with E-state index in [0.29, 0.717) is 25.3 Å². The van der Waals surface area contributed by atoms with Crippen molar-refractivity contribution in [2.75, 3.05) is 6.54 Å². The van der Waals surface area contributed by atoms with E-state index in [0.717, 1.165) is 31.2 Å². The molecule has 1 N–H and O–H groups in total. The standard InChI is InChI=1S/C21H29N5O4/c1-3-4-5-9-12-22-21(27)18-13-17(20-23-14-19(24(20)2)26(28)29)25(30-18)15-16-10-7-6-8-11-16/h6-8,10-11,14,17-18H,3-5,9,12-13,15H2,1-2H3,(H,22,27). The van der Waals surface area contributed by atoms with E-state index in [2.05, 4.69) is 17.2 Å². The summed E-state index contributed by atoms with van der Waals surface area (Å²) in [5, 5.41) is 15.9. The molecule has 2 heterocycles. The predicted octanol–water partition coefficient (Wildman–Crippen LogP) is 3.27. The highest BCUT2D eigenvalue weighted by molar-refractivity contribution is 5.81. The molecular formula is C21H29N5O4. The molecule has 0 bridgehead atoms. The molecule has 0 saturated carbocycles. The second-order valence-electron chi connectivity index (χ2n) is 7.55. The molecule has 162 valence electrons. The van der Waals surface area contributed by atoms with Crippen molar-refractivity contribution in [2.45, 2.75) is 57.7 Å². The Hall–Kier alpha value is -2.78. The van der Waals surface area contributed by atoms with Gasteiger partial charge in [0, 0.05) is 13.0 Å². The van der Waals surface area contributed by atoms with E-state index in [1.165, 1.54) is 10.8 Å². The monoisotopic (exact) mass is 415 g/mol. The first kappa shape index (κ1) is 21.9. The molecule has 30 heavy (non-hydrogen) atoms. The number of hydrogen-bond donors (Lipinski definition) is 1. The molecule has 2 unspecified atom stereocenters. The molecule has 1 amide bonds. The lowest BCUT2D eigenvalue weighted by atomic mass is 10.1. The van der Waals surface area contributed by atoms with Crippen LogP contribution in [0.2, 0.25) is 0 Å². The number of hydrogen-bond acceptors (Lipinski definition) is 6.